The van der Waals surface area contributed by atoms with Crippen LogP contribution in [0.4, 0.5) is 0 Å². The van der Waals surface area contributed by atoms with E-state index < -0.39 is 12.1 Å². The predicted molar refractivity (Wildman–Crippen MR) is 122 cm³/mol. The van der Waals surface area contributed by atoms with Gasteiger partial charge < -0.3 is 41.9 Å². The zero-order chi connectivity index (χ0) is 23.5. The van der Waals surface area contributed by atoms with E-state index in [9.17, 15) is 10.2 Å². The van der Waals surface area contributed by atoms with Gasteiger partial charge in [0.2, 0.25) is 0 Å². The SMILES string of the molecule is CO.CO.N[C@@H](Cc1ccccc1)C([O-])=NCCCN=C([O-])[C@@H](N)Cc1ccccc1.[Cu+2]. The van der Waals surface area contributed by atoms with Gasteiger partial charge in [0.1, 0.15) is 0 Å². The van der Waals surface area contributed by atoms with Crippen molar-refractivity contribution in [1.82, 2.24) is 0 Å². The fourth-order valence-corrected chi connectivity index (χ4v) is 2.59. The van der Waals surface area contributed by atoms with Crippen LogP contribution in [-0.2, 0) is 29.9 Å². The molecule has 2 rings (SSSR count). The Morgan fingerprint density at radius 1 is 0.719 bits per heavy atom. The molecule has 0 fully saturated rings. The Bertz CT molecular complexity index is 683. The third-order valence-electron chi connectivity index (χ3n) is 4.08. The van der Waals surface area contributed by atoms with Gasteiger partial charge in [0.25, 0.3) is 0 Å². The average Bonchev–Trinajstić information content (AvgIpc) is 2.82. The van der Waals surface area contributed by atoms with Gasteiger partial charge in [-0.05, 0) is 42.2 Å². The number of aliphatic hydroxyl groups is 2. The summed E-state index contributed by atoms with van der Waals surface area (Å²) in [5, 5.41) is 37.9. The van der Waals surface area contributed by atoms with E-state index in [1.807, 2.05) is 60.7 Å². The maximum absolute atomic E-state index is 11.9. The maximum atomic E-state index is 11.9. The third-order valence-corrected chi connectivity index (χ3v) is 4.08. The van der Waals surface area contributed by atoms with Crippen molar-refractivity contribution in [1.29, 1.82) is 0 Å². The molecule has 0 saturated heterocycles. The summed E-state index contributed by atoms with van der Waals surface area (Å²) in [6.45, 7) is 0.595. The molecular weight excluding hydrogens is 460 g/mol. The number of nitrogens with zero attached hydrogens (tertiary/aromatic N) is 2. The monoisotopic (exact) mass is 493 g/mol. The van der Waals surface area contributed by atoms with Crippen LogP contribution in [0.1, 0.15) is 17.5 Å². The Morgan fingerprint density at radius 2 is 1.03 bits per heavy atom. The van der Waals surface area contributed by atoms with E-state index in [4.69, 9.17) is 21.7 Å². The molecular formula is C23H34CuN4O4. The Morgan fingerprint density at radius 3 is 1.34 bits per heavy atom. The number of rotatable bonds is 10. The minimum absolute atomic E-state index is 0. The molecule has 0 aliphatic heterocycles. The van der Waals surface area contributed by atoms with Crippen molar-refractivity contribution >= 4 is 11.8 Å². The predicted octanol–water partition coefficient (Wildman–Crippen LogP) is -0.751. The second kappa shape index (κ2) is 20.6. The van der Waals surface area contributed by atoms with Gasteiger partial charge in [0.05, 0.1) is 0 Å². The van der Waals surface area contributed by atoms with Crippen LogP contribution in [0.25, 0.3) is 0 Å². The van der Waals surface area contributed by atoms with Crippen LogP contribution in [0.5, 0.6) is 0 Å². The standard InChI is InChI=1S/C21H28N4O2.2CH4O.Cu/c22-18(14-16-8-3-1-4-9-16)20(26)24-12-7-13-25-21(27)19(23)15-17-10-5-2-6-11-17;2*1-2;/h1-6,8-11,18-19H,7,12-15,22-23H2,(H,24,26)(H,25,27);2*2H,1H3;/q;;;+2/p-2/t18-,19-;;;/m0.../s1. The molecule has 8 nitrogen and oxygen atoms in total. The molecule has 0 amide bonds. The molecule has 0 unspecified atom stereocenters. The van der Waals surface area contributed by atoms with Gasteiger partial charge in [-0.1, -0.05) is 60.7 Å². The van der Waals surface area contributed by atoms with Crippen LogP contribution >= 0.6 is 0 Å². The minimum atomic E-state index is -0.648. The quantitative estimate of drug-likeness (QED) is 0.147. The Kier molecular flexibility index (Phi) is 20.6. The fraction of sp³-hybridized carbons (Fsp3) is 0.391. The van der Waals surface area contributed by atoms with Crippen molar-refractivity contribution in [2.45, 2.75) is 31.3 Å². The normalized spacial score (nSPS) is 12.8. The zero-order valence-corrected chi connectivity index (χ0v) is 19.5. The third kappa shape index (κ3) is 13.9. The average molecular weight is 494 g/mol. The fourth-order valence-electron chi connectivity index (χ4n) is 2.59. The molecule has 6 N–H and O–H groups in total. The molecule has 32 heavy (non-hydrogen) atoms. The summed E-state index contributed by atoms with van der Waals surface area (Å²) in [7, 11) is 2.00. The number of hydrogen-bond donors (Lipinski definition) is 4. The first-order valence-corrected chi connectivity index (χ1v) is 9.97. The second-order valence-electron chi connectivity index (χ2n) is 6.39. The van der Waals surface area contributed by atoms with E-state index >= 15 is 0 Å². The number of hydrogen-bond acceptors (Lipinski definition) is 8. The van der Waals surface area contributed by atoms with Crippen molar-refractivity contribution in [2.75, 3.05) is 27.3 Å². The molecule has 181 valence electrons. The van der Waals surface area contributed by atoms with Crippen molar-refractivity contribution in [2.24, 2.45) is 21.5 Å². The number of nitrogens with two attached hydrogens (primary N) is 2. The molecule has 0 aliphatic rings. The van der Waals surface area contributed by atoms with E-state index in [-0.39, 0.29) is 28.9 Å². The van der Waals surface area contributed by atoms with Crippen molar-refractivity contribution in [3.63, 3.8) is 0 Å². The van der Waals surface area contributed by atoms with Crippen LogP contribution in [-0.4, -0.2) is 61.4 Å². The molecule has 2 aromatic carbocycles. The van der Waals surface area contributed by atoms with Gasteiger partial charge in [-0.15, -0.1) is 0 Å². The molecule has 1 radical (unpaired) electrons. The van der Waals surface area contributed by atoms with E-state index in [2.05, 4.69) is 9.98 Å². The summed E-state index contributed by atoms with van der Waals surface area (Å²) in [4.78, 5) is 7.93. The topological polar surface area (TPSA) is 163 Å². The van der Waals surface area contributed by atoms with Gasteiger partial charge in [0.15, 0.2) is 0 Å². The first-order chi connectivity index (χ1) is 15.1. The Hall–Kier alpha value is -2.26. The summed E-state index contributed by atoms with van der Waals surface area (Å²) in [5.41, 5.74) is 13.8. The van der Waals surface area contributed by atoms with Gasteiger partial charge in [-0.3, -0.25) is 0 Å². The van der Waals surface area contributed by atoms with E-state index in [1.165, 1.54) is 0 Å². The Labute approximate surface area is 201 Å². The van der Waals surface area contributed by atoms with Crippen molar-refractivity contribution in [3.05, 3.63) is 71.8 Å². The van der Waals surface area contributed by atoms with Crippen molar-refractivity contribution in [3.8, 4) is 0 Å². The molecule has 0 heterocycles. The number of benzene rings is 2. The summed E-state index contributed by atoms with van der Waals surface area (Å²) < 4.78 is 0. The van der Waals surface area contributed by atoms with Crippen LogP contribution in [0.3, 0.4) is 0 Å². The smallest absolute Gasteiger partial charge is 0.861 e. The van der Waals surface area contributed by atoms with Gasteiger partial charge in [0, 0.05) is 39.4 Å². The number of aliphatic hydroxyl groups excluding tert-OH is 2. The first kappa shape index (κ1) is 31.9. The van der Waals surface area contributed by atoms with Gasteiger partial charge in [-0.2, -0.15) is 0 Å². The Balaban J connectivity index is 0. The van der Waals surface area contributed by atoms with Crippen LogP contribution in [0.2, 0.25) is 0 Å². The summed E-state index contributed by atoms with van der Waals surface area (Å²) >= 11 is 0. The number of aliphatic imine (C=N–C) groups is 2. The van der Waals surface area contributed by atoms with E-state index in [0.29, 0.717) is 32.4 Å². The maximum Gasteiger partial charge on any atom is 2.00 e. The first-order valence-electron chi connectivity index (χ1n) is 9.97. The van der Waals surface area contributed by atoms with E-state index in [0.717, 1.165) is 25.3 Å². The van der Waals surface area contributed by atoms with Crippen molar-refractivity contribution < 1.29 is 37.5 Å². The molecule has 0 spiro atoms. The van der Waals surface area contributed by atoms with Crippen LogP contribution in [0, 0.1) is 0 Å². The summed E-state index contributed by atoms with van der Waals surface area (Å²) in [5.74, 6) is -0.656. The second-order valence-corrected chi connectivity index (χ2v) is 6.39. The summed E-state index contributed by atoms with van der Waals surface area (Å²) in [6.07, 6.45) is 1.42. The van der Waals surface area contributed by atoms with Gasteiger partial charge >= 0.3 is 17.1 Å². The van der Waals surface area contributed by atoms with Crippen LogP contribution < -0.4 is 21.7 Å². The minimum Gasteiger partial charge on any atom is -0.861 e. The molecule has 0 saturated carbocycles. The molecule has 0 aliphatic carbocycles. The molecule has 0 bridgehead atoms. The summed E-state index contributed by atoms with van der Waals surface area (Å²) in [6, 6.07) is 17.9. The van der Waals surface area contributed by atoms with Gasteiger partial charge in [-0.25, -0.2) is 0 Å². The zero-order valence-electron chi connectivity index (χ0n) is 18.5. The molecule has 2 aromatic rings. The molecule has 0 aromatic heterocycles. The molecule has 2 atom stereocenters. The van der Waals surface area contributed by atoms with E-state index in [1.54, 1.807) is 0 Å². The molecule has 9 heteroatoms. The largest absolute Gasteiger partial charge is 2.00 e. The van der Waals surface area contributed by atoms with Crippen LogP contribution in [0.15, 0.2) is 70.6 Å².